The second-order valence-electron chi connectivity index (χ2n) is 5.56. The van der Waals surface area contributed by atoms with Crippen LogP contribution in [0.5, 0.6) is 0 Å². The predicted molar refractivity (Wildman–Crippen MR) is 86.9 cm³/mol. The Kier molecular flexibility index (Phi) is 5.49. The van der Waals surface area contributed by atoms with Crippen molar-refractivity contribution < 1.29 is 0 Å². The summed E-state index contributed by atoms with van der Waals surface area (Å²) >= 11 is 2.50. The van der Waals surface area contributed by atoms with Crippen LogP contribution in [0, 0.1) is 16.4 Å². The molecule has 100 valence electrons. The maximum Gasteiger partial charge on any atom is 0.0330 e. The summed E-state index contributed by atoms with van der Waals surface area (Å²) < 4.78 is 1.44. The number of hydrogen-bond donors (Lipinski definition) is 1. The van der Waals surface area contributed by atoms with Gasteiger partial charge in [-0.05, 0) is 60.0 Å². The van der Waals surface area contributed by atoms with Crippen molar-refractivity contribution in [2.24, 2.45) is 5.92 Å². The number of halogens is 1. The molecule has 1 saturated carbocycles. The molecule has 0 amide bonds. The minimum atomic E-state index is 0.528. The van der Waals surface area contributed by atoms with E-state index in [1.807, 2.05) is 0 Å². The topological polar surface area (TPSA) is 12.0 Å². The molecule has 1 aromatic carbocycles. The van der Waals surface area contributed by atoms with E-state index in [-0.39, 0.29) is 0 Å². The Morgan fingerprint density at radius 3 is 2.67 bits per heavy atom. The summed E-state index contributed by atoms with van der Waals surface area (Å²) in [5.74, 6) is 0.924. The van der Waals surface area contributed by atoms with Crippen LogP contribution in [0.3, 0.4) is 0 Å². The summed E-state index contributed by atoms with van der Waals surface area (Å²) in [5, 5.41) is 3.53. The molecule has 0 aromatic heterocycles. The lowest BCUT2D eigenvalue weighted by molar-refractivity contribution is 0.305. The van der Waals surface area contributed by atoms with Gasteiger partial charge in [0, 0.05) is 9.61 Å². The normalized spacial score (nSPS) is 18.8. The standard InChI is InChI=1S/C16H24IN/c1-12-7-6-10-14(16(12)17)15(18-2)11-13-8-4-3-5-9-13/h6-7,10,13,15,18H,3-5,8-9,11H2,1-2H3. The molecule has 18 heavy (non-hydrogen) atoms. The molecule has 2 heteroatoms. The van der Waals surface area contributed by atoms with Crippen LogP contribution in [0.4, 0.5) is 0 Å². The van der Waals surface area contributed by atoms with Crippen LogP contribution >= 0.6 is 22.6 Å². The highest BCUT2D eigenvalue weighted by Crippen LogP contribution is 2.33. The average molecular weight is 357 g/mol. The first-order valence-electron chi connectivity index (χ1n) is 7.14. The van der Waals surface area contributed by atoms with E-state index in [9.17, 15) is 0 Å². The van der Waals surface area contributed by atoms with Gasteiger partial charge >= 0.3 is 0 Å². The Balaban J connectivity index is 2.09. The highest BCUT2D eigenvalue weighted by molar-refractivity contribution is 14.1. The van der Waals surface area contributed by atoms with Crippen LogP contribution in [-0.4, -0.2) is 7.05 Å². The van der Waals surface area contributed by atoms with Gasteiger partial charge in [0.1, 0.15) is 0 Å². The van der Waals surface area contributed by atoms with Gasteiger partial charge in [0.25, 0.3) is 0 Å². The SMILES string of the molecule is CNC(CC1CCCCC1)c1cccc(C)c1I. The molecule has 2 rings (SSSR count). The van der Waals surface area contributed by atoms with Crippen LogP contribution < -0.4 is 5.32 Å². The highest BCUT2D eigenvalue weighted by atomic mass is 127. The summed E-state index contributed by atoms with van der Waals surface area (Å²) in [7, 11) is 2.10. The molecule has 1 fully saturated rings. The van der Waals surface area contributed by atoms with Gasteiger partial charge < -0.3 is 5.32 Å². The smallest absolute Gasteiger partial charge is 0.0330 e. The summed E-state index contributed by atoms with van der Waals surface area (Å²) in [6.45, 7) is 2.21. The maximum atomic E-state index is 3.53. The van der Waals surface area contributed by atoms with Crippen molar-refractivity contribution in [2.45, 2.75) is 51.5 Å². The Hall–Kier alpha value is -0.0900. The van der Waals surface area contributed by atoms with Gasteiger partial charge in [-0.15, -0.1) is 0 Å². The number of benzene rings is 1. The monoisotopic (exact) mass is 357 g/mol. The molecule has 0 aliphatic heterocycles. The molecule has 1 aliphatic carbocycles. The van der Waals surface area contributed by atoms with E-state index < -0.39 is 0 Å². The fraction of sp³-hybridized carbons (Fsp3) is 0.625. The Bertz CT molecular complexity index is 383. The Morgan fingerprint density at radius 1 is 1.28 bits per heavy atom. The van der Waals surface area contributed by atoms with Crippen LogP contribution in [0.15, 0.2) is 18.2 Å². The first-order chi connectivity index (χ1) is 8.72. The van der Waals surface area contributed by atoms with Gasteiger partial charge in [0.15, 0.2) is 0 Å². The molecule has 1 aliphatic rings. The number of hydrogen-bond acceptors (Lipinski definition) is 1. The van der Waals surface area contributed by atoms with Gasteiger partial charge in [0.05, 0.1) is 0 Å². The molecule has 0 saturated heterocycles. The molecule has 0 radical (unpaired) electrons. The molecule has 1 atom stereocenters. The van der Waals surface area contributed by atoms with Gasteiger partial charge in [-0.3, -0.25) is 0 Å². The van der Waals surface area contributed by atoms with Crippen LogP contribution in [0.25, 0.3) is 0 Å². The largest absolute Gasteiger partial charge is 0.313 e. The molecular weight excluding hydrogens is 333 g/mol. The first kappa shape index (κ1) is 14.3. The fourth-order valence-electron chi connectivity index (χ4n) is 3.10. The number of aryl methyl sites for hydroxylation is 1. The van der Waals surface area contributed by atoms with E-state index in [1.165, 1.54) is 53.2 Å². The molecule has 0 heterocycles. The van der Waals surface area contributed by atoms with E-state index in [2.05, 4.69) is 60.1 Å². The summed E-state index contributed by atoms with van der Waals surface area (Å²) in [6, 6.07) is 7.22. The summed E-state index contributed by atoms with van der Waals surface area (Å²) in [4.78, 5) is 0. The molecule has 1 unspecified atom stereocenters. The highest BCUT2D eigenvalue weighted by Gasteiger charge is 2.20. The average Bonchev–Trinajstić information content (AvgIpc) is 2.41. The molecule has 0 spiro atoms. The summed E-state index contributed by atoms with van der Waals surface area (Å²) in [6.07, 6.45) is 8.48. The third-order valence-corrected chi connectivity index (χ3v) is 5.71. The van der Waals surface area contributed by atoms with Crippen LogP contribution in [0.1, 0.15) is 55.7 Å². The molecule has 1 N–H and O–H groups in total. The molecule has 1 aromatic rings. The van der Waals surface area contributed by atoms with Crippen molar-refractivity contribution in [2.75, 3.05) is 7.05 Å². The second-order valence-corrected chi connectivity index (χ2v) is 6.64. The fourth-order valence-corrected chi connectivity index (χ4v) is 3.83. The molecule has 0 bridgehead atoms. The lowest BCUT2D eigenvalue weighted by Crippen LogP contribution is -2.22. The van der Waals surface area contributed by atoms with Gasteiger partial charge in [0.2, 0.25) is 0 Å². The third kappa shape index (κ3) is 3.47. The van der Waals surface area contributed by atoms with Gasteiger partial charge in [-0.1, -0.05) is 50.3 Å². The maximum absolute atomic E-state index is 3.53. The van der Waals surface area contributed by atoms with E-state index in [4.69, 9.17) is 0 Å². The minimum absolute atomic E-state index is 0.528. The van der Waals surface area contributed by atoms with Crippen molar-refractivity contribution in [3.8, 4) is 0 Å². The van der Waals surface area contributed by atoms with Crippen molar-refractivity contribution >= 4 is 22.6 Å². The Morgan fingerprint density at radius 2 is 2.00 bits per heavy atom. The van der Waals surface area contributed by atoms with Crippen LogP contribution in [0.2, 0.25) is 0 Å². The van der Waals surface area contributed by atoms with Crippen molar-refractivity contribution in [1.82, 2.24) is 5.32 Å². The van der Waals surface area contributed by atoms with Crippen molar-refractivity contribution in [1.29, 1.82) is 0 Å². The van der Waals surface area contributed by atoms with E-state index in [0.717, 1.165) is 5.92 Å². The van der Waals surface area contributed by atoms with Crippen molar-refractivity contribution in [3.63, 3.8) is 0 Å². The van der Waals surface area contributed by atoms with Crippen molar-refractivity contribution in [3.05, 3.63) is 32.9 Å². The molecular formula is C16H24IN. The lowest BCUT2D eigenvalue weighted by Gasteiger charge is -2.27. The van der Waals surface area contributed by atoms with E-state index >= 15 is 0 Å². The van der Waals surface area contributed by atoms with E-state index in [1.54, 1.807) is 0 Å². The zero-order chi connectivity index (χ0) is 13.0. The van der Waals surface area contributed by atoms with Gasteiger partial charge in [-0.25, -0.2) is 0 Å². The molecule has 1 nitrogen and oxygen atoms in total. The quantitative estimate of drug-likeness (QED) is 0.761. The lowest BCUT2D eigenvalue weighted by atomic mass is 9.83. The number of rotatable bonds is 4. The third-order valence-electron chi connectivity index (χ3n) is 4.24. The predicted octanol–water partition coefficient (Wildman–Crippen LogP) is 4.83. The van der Waals surface area contributed by atoms with E-state index in [0.29, 0.717) is 6.04 Å². The summed E-state index contributed by atoms with van der Waals surface area (Å²) in [5.41, 5.74) is 2.89. The first-order valence-corrected chi connectivity index (χ1v) is 8.22. The zero-order valence-electron chi connectivity index (χ0n) is 11.5. The number of nitrogens with one attached hydrogen (secondary N) is 1. The van der Waals surface area contributed by atoms with Crippen LogP contribution in [-0.2, 0) is 0 Å². The second kappa shape index (κ2) is 6.90. The van der Waals surface area contributed by atoms with Gasteiger partial charge in [-0.2, -0.15) is 0 Å². The zero-order valence-corrected chi connectivity index (χ0v) is 13.7. The minimum Gasteiger partial charge on any atom is -0.313 e. The Labute approximate surface area is 125 Å².